The lowest BCUT2D eigenvalue weighted by Gasteiger charge is -2.41. The molecule has 0 spiro atoms. The van der Waals surface area contributed by atoms with Crippen molar-refractivity contribution in [3.63, 3.8) is 0 Å². The van der Waals surface area contributed by atoms with Gasteiger partial charge in [-0.3, -0.25) is 9.59 Å². The summed E-state index contributed by atoms with van der Waals surface area (Å²) in [5.41, 5.74) is 2.88. The third-order valence-corrected chi connectivity index (χ3v) is 7.82. The number of carbonyl (C=O) groups is 2. The molecule has 1 aromatic heterocycles. The van der Waals surface area contributed by atoms with E-state index >= 15 is 0 Å². The first kappa shape index (κ1) is 20.2. The number of hydrogen-bond acceptors (Lipinski definition) is 4. The average Bonchev–Trinajstić information content (AvgIpc) is 3.62. The van der Waals surface area contributed by atoms with Gasteiger partial charge in [0.05, 0.1) is 28.4 Å². The molecule has 6 rings (SSSR count). The molecule has 4 nitrogen and oxygen atoms in total. The van der Waals surface area contributed by atoms with Crippen molar-refractivity contribution in [2.24, 2.45) is 5.92 Å². The number of allylic oxidation sites excluding steroid dienone is 8. The topological polar surface area (TPSA) is 59.9 Å². The molecule has 4 heteroatoms. The lowest BCUT2D eigenvalue weighted by molar-refractivity contribution is 0.0707. The second-order valence-electron chi connectivity index (χ2n) is 9.56. The zero-order chi connectivity index (χ0) is 22.4. The van der Waals surface area contributed by atoms with E-state index in [1.54, 1.807) is 0 Å². The summed E-state index contributed by atoms with van der Waals surface area (Å²) in [5, 5.41) is 9.09. The molecule has 33 heavy (non-hydrogen) atoms. The molecule has 0 N–H and O–H groups in total. The van der Waals surface area contributed by atoms with Gasteiger partial charge in [0.2, 0.25) is 0 Å². The van der Waals surface area contributed by atoms with Gasteiger partial charge in [-0.05, 0) is 18.4 Å². The molecule has 1 heterocycles. The van der Waals surface area contributed by atoms with Crippen LogP contribution in [0, 0.1) is 5.92 Å². The van der Waals surface area contributed by atoms with Crippen LogP contribution in [0.5, 0.6) is 0 Å². The highest BCUT2D eigenvalue weighted by atomic mass is 16.2. The van der Waals surface area contributed by atoms with E-state index in [-0.39, 0.29) is 23.4 Å². The number of fused-ring (bicyclic) bond motifs is 1. The Balaban J connectivity index is 1.55. The highest BCUT2D eigenvalue weighted by Crippen LogP contribution is 2.51. The fraction of sp³-hybridized carbons (Fsp3) is 0.310. The van der Waals surface area contributed by atoms with Crippen LogP contribution in [0.4, 0.5) is 0 Å². The van der Waals surface area contributed by atoms with E-state index in [2.05, 4.69) is 22.3 Å². The molecule has 1 aromatic carbocycles. The minimum absolute atomic E-state index is 0.0634. The van der Waals surface area contributed by atoms with Crippen LogP contribution >= 0.6 is 0 Å². The number of rotatable bonds is 4. The van der Waals surface area contributed by atoms with Gasteiger partial charge in [-0.1, -0.05) is 98.2 Å². The Hall–Kier alpha value is -3.40. The summed E-state index contributed by atoms with van der Waals surface area (Å²) in [6.07, 6.45) is 20.8. The molecule has 0 radical (unpaired) electrons. The number of Topliss-reactive ketones (excluding diaryl/α,β-unsaturated/α-hetero) is 2. The summed E-state index contributed by atoms with van der Waals surface area (Å²) in [6.45, 7) is 0. The van der Waals surface area contributed by atoms with E-state index in [1.807, 2.05) is 66.8 Å². The van der Waals surface area contributed by atoms with Gasteiger partial charge in [-0.25, -0.2) is 0 Å². The zero-order valence-corrected chi connectivity index (χ0v) is 18.5. The standard InChI is InChI=1S/C29H26N2O2/c32-27-22-23(26(20-13-7-8-14-20)31-30-25(22)19-11-5-6-12-19)28(33)24(27)29(17-9-2-10-18-29)21-15-3-1-4-16-21/h1,3-8,11-16,19-20,24H,2,9-10,17-18H2. The molecule has 0 unspecified atom stereocenters. The average molecular weight is 435 g/mol. The lowest BCUT2D eigenvalue weighted by Crippen LogP contribution is -2.43. The third-order valence-electron chi connectivity index (χ3n) is 7.82. The largest absolute Gasteiger partial charge is 0.293 e. The minimum Gasteiger partial charge on any atom is -0.293 e. The molecule has 2 aromatic rings. The molecule has 4 aliphatic rings. The molecule has 1 saturated carbocycles. The SMILES string of the molecule is O=C1c2c(C3C=CC=C3)nnc(C3C=CC=C3)c2C(=O)C1C1(c2ccccc2)CCCCC1. The zero-order valence-electron chi connectivity index (χ0n) is 18.5. The van der Waals surface area contributed by atoms with Crippen molar-refractivity contribution >= 4 is 11.6 Å². The van der Waals surface area contributed by atoms with Crippen LogP contribution in [0.3, 0.4) is 0 Å². The molecule has 0 saturated heterocycles. The van der Waals surface area contributed by atoms with Crippen molar-refractivity contribution in [1.29, 1.82) is 0 Å². The predicted octanol–water partition coefficient (Wildman–Crippen LogP) is 5.79. The maximum atomic E-state index is 14.3. The third kappa shape index (κ3) is 3.04. The van der Waals surface area contributed by atoms with Crippen molar-refractivity contribution in [2.45, 2.75) is 49.4 Å². The van der Waals surface area contributed by atoms with E-state index in [9.17, 15) is 9.59 Å². The maximum absolute atomic E-state index is 14.3. The molecule has 0 amide bonds. The highest BCUT2D eigenvalue weighted by molar-refractivity contribution is 6.28. The van der Waals surface area contributed by atoms with E-state index in [0.29, 0.717) is 22.5 Å². The van der Waals surface area contributed by atoms with E-state index in [4.69, 9.17) is 0 Å². The van der Waals surface area contributed by atoms with Crippen LogP contribution in [0.25, 0.3) is 0 Å². The predicted molar refractivity (Wildman–Crippen MR) is 127 cm³/mol. The minimum atomic E-state index is -0.706. The maximum Gasteiger partial charge on any atom is 0.177 e. The Morgan fingerprint density at radius 2 is 1.15 bits per heavy atom. The first-order chi connectivity index (χ1) is 16.2. The molecule has 0 aliphatic heterocycles. The number of ketones is 2. The van der Waals surface area contributed by atoms with Crippen LogP contribution in [0.1, 0.15) is 81.6 Å². The lowest BCUT2D eigenvalue weighted by atomic mass is 9.60. The van der Waals surface area contributed by atoms with Crippen molar-refractivity contribution in [2.75, 3.05) is 0 Å². The van der Waals surface area contributed by atoms with Gasteiger partial charge in [-0.15, -0.1) is 0 Å². The number of aromatic nitrogens is 2. The Kier molecular flexibility index (Phi) is 4.83. The van der Waals surface area contributed by atoms with E-state index in [1.165, 1.54) is 0 Å². The summed E-state index contributed by atoms with van der Waals surface area (Å²) in [5.74, 6) is -1.07. The Bertz CT molecular complexity index is 1150. The second kappa shape index (κ2) is 7.87. The van der Waals surface area contributed by atoms with Crippen LogP contribution in [0.2, 0.25) is 0 Å². The summed E-state index contributed by atoms with van der Waals surface area (Å²) >= 11 is 0. The van der Waals surface area contributed by atoms with E-state index in [0.717, 1.165) is 37.7 Å². The summed E-state index contributed by atoms with van der Waals surface area (Å²) in [7, 11) is 0. The molecule has 1 fully saturated rings. The van der Waals surface area contributed by atoms with Gasteiger partial charge < -0.3 is 0 Å². The Morgan fingerprint density at radius 1 is 0.667 bits per heavy atom. The number of hydrogen-bond donors (Lipinski definition) is 0. The van der Waals surface area contributed by atoms with Gasteiger partial charge in [0, 0.05) is 17.3 Å². The highest BCUT2D eigenvalue weighted by Gasteiger charge is 2.55. The van der Waals surface area contributed by atoms with Gasteiger partial charge in [-0.2, -0.15) is 10.2 Å². The fourth-order valence-corrected chi connectivity index (χ4v) is 6.26. The van der Waals surface area contributed by atoms with Crippen molar-refractivity contribution in [3.8, 4) is 0 Å². The van der Waals surface area contributed by atoms with Gasteiger partial charge in [0.25, 0.3) is 0 Å². The number of benzene rings is 1. The molecule has 0 bridgehead atoms. The summed E-state index contributed by atoms with van der Waals surface area (Å²) < 4.78 is 0. The Morgan fingerprint density at radius 3 is 1.64 bits per heavy atom. The first-order valence-corrected chi connectivity index (χ1v) is 11.9. The fourth-order valence-electron chi connectivity index (χ4n) is 6.26. The quantitative estimate of drug-likeness (QED) is 0.571. The monoisotopic (exact) mass is 434 g/mol. The van der Waals surface area contributed by atoms with Crippen molar-refractivity contribution < 1.29 is 9.59 Å². The molecule has 164 valence electrons. The second-order valence-corrected chi connectivity index (χ2v) is 9.56. The molecular weight excluding hydrogens is 408 g/mol. The molecular formula is C29H26N2O2. The van der Waals surface area contributed by atoms with Crippen LogP contribution in [0.15, 0.2) is 78.9 Å². The normalized spacial score (nSPS) is 22.1. The number of carbonyl (C=O) groups excluding carboxylic acids is 2. The summed E-state index contributed by atoms with van der Waals surface area (Å²) in [4.78, 5) is 28.5. The van der Waals surface area contributed by atoms with Crippen molar-refractivity contribution in [1.82, 2.24) is 10.2 Å². The first-order valence-electron chi connectivity index (χ1n) is 11.9. The van der Waals surface area contributed by atoms with E-state index < -0.39 is 11.3 Å². The van der Waals surface area contributed by atoms with Gasteiger partial charge in [0.1, 0.15) is 0 Å². The number of nitrogens with zero attached hydrogens (tertiary/aromatic N) is 2. The van der Waals surface area contributed by atoms with Gasteiger partial charge >= 0.3 is 0 Å². The molecule has 4 aliphatic carbocycles. The molecule has 0 atom stereocenters. The van der Waals surface area contributed by atoms with Crippen LogP contribution in [-0.2, 0) is 5.41 Å². The smallest absolute Gasteiger partial charge is 0.177 e. The van der Waals surface area contributed by atoms with Crippen LogP contribution < -0.4 is 0 Å². The van der Waals surface area contributed by atoms with Crippen molar-refractivity contribution in [3.05, 3.63) is 107 Å². The van der Waals surface area contributed by atoms with Gasteiger partial charge in [0.15, 0.2) is 11.6 Å². The Labute approximate surface area is 193 Å². The van der Waals surface area contributed by atoms with Crippen LogP contribution in [-0.4, -0.2) is 21.8 Å². The summed E-state index contributed by atoms with van der Waals surface area (Å²) in [6, 6.07) is 10.2.